The van der Waals surface area contributed by atoms with E-state index in [-0.39, 0.29) is 42.3 Å². The number of aromatic nitrogens is 2. The second-order valence-corrected chi connectivity index (χ2v) is 7.37. The number of nitrogens with one attached hydrogen (secondary N) is 1. The Kier molecular flexibility index (Phi) is 7.83. The van der Waals surface area contributed by atoms with Crippen LogP contribution in [0.1, 0.15) is 25.0 Å². The molecule has 154 valence electrons. The van der Waals surface area contributed by atoms with E-state index in [9.17, 15) is 4.79 Å². The largest absolute Gasteiger partial charge is 0.461 e. The molecule has 0 aromatic carbocycles. The molecule has 0 bridgehead atoms. The molecule has 0 radical (unpaired) electrons. The first-order valence-corrected chi connectivity index (χ1v) is 9.11. The lowest BCUT2D eigenvalue weighted by molar-refractivity contribution is -0.150. The number of nitrogens with zero attached hydrogens (tertiary/aromatic N) is 3. The summed E-state index contributed by atoms with van der Waals surface area (Å²) in [4.78, 5) is 18.5. The molecule has 2 fully saturated rings. The maximum atomic E-state index is 12.4. The quantitative estimate of drug-likeness (QED) is 0.732. The summed E-state index contributed by atoms with van der Waals surface area (Å²) in [5, 5.41) is 7.45. The van der Waals surface area contributed by atoms with Crippen LogP contribution in [0.25, 0.3) is 11.3 Å². The Morgan fingerprint density at radius 2 is 1.96 bits per heavy atom. The fraction of sp³-hybridized carbons (Fsp3) is 0.526. The van der Waals surface area contributed by atoms with E-state index in [0.29, 0.717) is 13.1 Å². The van der Waals surface area contributed by atoms with Gasteiger partial charge in [-0.05, 0) is 45.1 Å². The minimum absolute atomic E-state index is 0. The highest BCUT2D eigenvalue weighted by Gasteiger charge is 2.49. The smallest absolute Gasteiger partial charge is 0.312 e. The Balaban J connectivity index is 0.00000140. The van der Waals surface area contributed by atoms with Crippen molar-refractivity contribution in [2.24, 2.45) is 5.41 Å². The third-order valence-electron chi connectivity index (χ3n) is 5.36. The van der Waals surface area contributed by atoms with E-state index >= 15 is 0 Å². The first-order valence-electron chi connectivity index (χ1n) is 9.11. The van der Waals surface area contributed by atoms with E-state index in [4.69, 9.17) is 9.26 Å². The first-order chi connectivity index (χ1) is 12.6. The SMILES string of the molecule is CN(Cc1cc(-c2ccncc2)no1)CC1CC2(CCNCC2)C(=O)O1.Cl.Cl. The molecule has 2 saturated heterocycles. The molecule has 2 aromatic heterocycles. The fourth-order valence-corrected chi connectivity index (χ4v) is 3.98. The number of likely N-dealkylation sites (N-methyl/N-ethyl adjacent to an activating group) is 1. The number of rotatable bonds is 5. The van der Waals surface area contributed by atoms with Crippen LogP contribution < -0.4 is 5.32 Å². The highest BCUT2D eigenvalue weighted by Crippen LogP contribution is 2.41. The summed E-state index contributed by atoms with van der Waals surface area (Å²) in [5.74, 6) is 0.775. The standard InChI is InChI=1S/C19H24N4O3.2ClH/c1-23(12-15-10-17(22-26-15)14-2-6-20-7-3-14)13-16-11-19(18(24)25-16)4-8-21-9-5-19;;/h2-3,6-7,10,16,21H,4-5,8-9,11-13H2,1H3;2*1H. The zero-order valence-electron chi connectivity index (χ0n) is 15.8. The van der Waals surface area contributed by atoms with Crippen LogP contribution in [0.5, 0.6) is 0 Å². The van der Waals surface area contributed by atoms with Crippen molar-refractivity contribution in [2.75, 3.05) is 26.7 Å². The van der Waals surface area contributed by atoms with Gasteiger partial charge in [0.25, 0.3) is 0 Å². The van der Waals surface area contributed by atoms with Crippen molar-refractivity contribution < 1.29 is 14.1 Å². The van der Waals surface area contributed by atoms with Crippen LogP contribution in [-0.4, -0.2) is 53.8 Å². The lowest BCUT2D eigenvalue weighted by Crippen LogP contribution is -2.39. The molecule has 1 atom stereocenters. The van der Waals surface area contributed by atoms with Crippen molar-refractivity contribution in [3.05, 3.63) is 36.4 Å². The Labute approximate surface area is 177 Å². The molecule has 9 heteroatoms. The lowest BCUT2D eigenvalue weighted by Gasteiger charge is -2.29. The predicted molar refractivity (Wildman–Crippen MR) is 110 cm³/mol. The Hall–Kier alpha value is -1.67. The number of piperidine rings is 1. The zero-order valence-corrected chi connectivity index (χ0v) is 17.4. The summed E-state index contributed by atoms with van der Waals surface area (Å²) in [7, 11) is 2.01. The van der Waals surface area contributed by atoms with Gasteiger partial charge in [0, 0.05) is 37.0 Å². The molecule has 1 unspecified atom stereocenters. The first kappa shape index (κ1) is 22.6. The van der Waals surface area contributed by atoms with Crippen molar-refractivity contribution in [2.45, 2.75) is 31.9 Å². The highest BCUT2D eigenvalue weighted by atomic mass is 35.5. The number of cyclic esters (lactones) is 1. The van der Waals surface area contributed by atoms with Crippen LogP contribution in [0.15, 0.2) is 35.1 Å². The van der Waals surface area contributed by atoms with Gasteiger partial charge in [-0.1, -0.05) is 5.16 Å². The molecule has 28 heavy (non-hydrogen) atoms. The number of hydrogen-bond donors (Lipinski definition) is 1. The third-order valence-corrected chi connectivity index (χ3v) is 5.36. The molecule has 2 aliphatic rings. The summed E-state index contributed by atoms with van der Waals surface area (Å²) >= 11 is 0. The average Bonchev–Trinajstić information content (AvgIpc) is 3.22. The van der Waals surface area contributed by atoms with Crippen LogP contribution in [0.2, 0.25) is 0 Å². The van der Waals surface area contributed by atoms with E-state index in [1.165, 1.54) is 0 Å². The lowest BCUT2D eigenvalue weighted by atomic mass is 9.76. The van der Waals surface area contributed by atoms with Crippen LogP contribution in [0, 0.1) is 5.41 Å². The number of esters is 1. The van der Waals surface area contributed by atoms with Gasteiger partial charge >= 0.3 is 5.97 Å². The number of hydrogen-bond acceptors (Lipinski definition) is 7. The summed E-state index contributed by atoms with van der Waals surface area (Å²) < 4.78 is 11.1. The molecule has 1 N–H and O–H groups in total. The van der Waals surface area contributed by atoms with Crippen LogP contribution in [0.3, 0.4) is 0 Å². The van der Waals surface area contributed by atoms with E-state index in [0.717, 1.165) is 49.4 Å². The number of ether oxygens (including phenoxy) is 1. The van der Waals surface area contributed by atoms with Gasteiger partial charge in [-0.3, -0.25) is 14.7 Å². The van der Waals surface area contributed by atoms with Gasteiger partial charge in [0.05, 0.1) is 12.0 Å². The average molecular weight is 429 g/mol. The monoisotopic (exact) mass is 428 g/mol. The maximum Gasteiger partial charge on any atom is 0.312 e. The van der Waals surface area contributed by atoms with E-state index in [2.05, 4.69) is 20.4 Å². The summed E-state index contributed by atoms with van der Waals surface area (Å²) in [5.41, 5.74) is 1.52. The number of carbonyl (C=O) groups is 1. The van der Waals surface area contributed by atoms with Gasteiger partial charge in [0.2, 0.25) is 0 Å². The normalized spacial score (nSPS) is 20.5. The van der Waals surface area contributed by atoms with E-state index in [1.807, 2.05) is 25.2 Å². The molecule has 0 saturated carbocycles. The van der Waals surface area contributed by atoms with Gasteiger partial charge in [-0.2, -0.15) is 0 Å². The molecule has 0 amide bonds. The Morgan fingerprint density at radius 1 is 1.25 bits per heavy atom. The molecular formula is C19H26Cl2N4O3. The summed E-state index contributed by atoms with van der Waals surface area (Å²) in [6.45, 7) is 3.12. The molecule has 2 aromatic rings. The minimum atomic E-state index is -0.266. The van der Waals surface area contributed by atoms with Crippen molar-refractivity contribution >= 4 is 30.8 Å². The topological polar surface area (TPSA) is 80.5 Å². The molecule has 4 heterocycles. The van der Waals surface area contributed by atoms with Gasteiger partial charge < -0.3 is 14.6 Å². The minimum Gasteiger partial charge on any atom is -0.461 e. The third kappa shape index (κ3) is 4.84. The maximum absolute atomic E-state index is 12.4. The van der Waals surface area contributed by atoms with Crippen molar-refractivity contribution in [1.82, 2.24) is 20.4 Å². The Bertz CT molecular complexity index is 766. The summed E-state index contributed by atoms with van der Waals surface area (Å²) in [6, 6.07) is 5.75. The van der Waals surface area contributed by atoms with Crippen LogP contribution >= 0.6 is 24.8 Å². The van der Waals surface area contributed by atoms with Gasteiger partial charge in [-0.15, -0.1) is 24.8 Å². The molecule has 0 aliphatic carbocycles. The van der Waals surface area contributed by atoms with Crippen LogP contribution in [-0.2, 0) is 16.1 Å². The second-order valence-electron chi connectivity index (χ2n) is 7.37. The molecule has 2 aliphatic heterocycles. The molecule has 4 rings (SSSR count). The van der Waals surface area contributed by atoms with E-state index in [1.54, 1.807) is 12.4 Å². The van der Waals surface area contributed by atoms with Gasteiger partial charge in [0.1, 0.15) is 11.8 Å². The predicted octanol–water partition coefficient (Wildman–Crippen LogP) is 2.70. The van der Waals surface area contributed by atoms with E-state index < -0.39 is 0 Å². The van der Waals surface area contributed by atoms with Crippen molar-refractivity contribution in [3.8, 4) is 11.3 Å². The van der Waals surface area contributed by atoms with Crippen molar-refractivity contribution in [1.29, 1.82) is 0 Å². The molecular weight excluding hydrogens is 403 g/mol. The molecule has 1 spiro atoms. The highest BCUT2D eigenvalue weighted by molar-refractivity contribution is 5.85. The zero-order chi connectivity index (χ0) is 18.0. The summed E-state index contributed by atoms with van der Waals surface area (Å²) in [6.07, 6.45) is 6.00. The number of pyridine rings is 1. The van der Waals surface area contributed by atoms with Crippen molar-refractivity contribution in [3.63, 3.8) is 0 Å². The van der Waals surface area contributed by atoms with Crippen LogP contribution in [0.4, 0.5) is 0 Å². The Morgan fingerprint density at radius 3 is 2.68 bits per heavy atom. The fourth-order valence-electron chi connectivity index (χ4n) is 3.98. The number of carbonyl (C=O) groups excluding carboxylic acids is 1. The molecule has 7 nitrogen and oxygen atoms in total. The van der Waals surface area contributed by atoms with Gasteiger partial charge in [0.15, 0.2) is 5.76 Å². The number of halogens is 2. The second kappa shape index (κ2) is 9.69. The van der Waals surface area contributed by atoms with Gasteiger partial charge in [-0.25, -0.2) is 0 Å².